The molecule has 0 aromatic heterocycles. The first-order chi connectivity index (χ1) is 10.4. The van der Waals surface area contributed by atoms with Gasteiger partial charge in [-0.1, -0.05) is 49.4 Å². The van der Waals surface area contributed by atoms with Crippen LogP contribution in [0.15, 0.2) is 48.5 Å². The van der Waals surface area contributed by atoms with Crippen LogP contribution in [0.1, 0.15) is 42.9 Å². The van der Waals surface area contributed by atoms with Crippen LogP contribution < -0.4 is 5.32 Å². The number of fused-ring (bicyclic) bond motifs is 1. The van der Waals surface area contributed by atoms with Crippen molar-refractivity contribution in [3.8, 4) is 0 Å². The van der Waals surface area contributed by atoms with Gasteiger partial charge in [-0.25, -0.2) is 0 Å². The van der Waals surface area contributed by atoms with Crippen LogP contribution in [-0.2, 0) is 19.3 Å². The lowest BCUT2D eigenvalue weighted by molar-refractivity contribution is 0.670. The predicted molar refractivity (Wildman–Crippen MR) is 90.9 cm³/mol. The van der Waals surface area contributed by atoms with Gasteiger partial charge in [0.25, 0.3) is 0 Å². The molecule has 1 heteroatoms. The molecule has 0 spiro atoms. The van der Waals surface area contributed by atoms with Crippen molar-refractivity contribution in [1.29, 1.82) is 0 Å². The third-order valence-electron chi connectivity index (χ3n) is 4.57. The van der Waals surface area contributed by atoms with E-state index in [0.29, 0.717) is 6.04 Å². The molecule has 0 amide bonds. The Kier molecular flexibility index (Phi) is 4.59. The van der Waals surface area contributed by atoms with E-state index in [0.717, 1.165) is 12.8 Å². The molecule has 0 heterocycles. The van der Waals surface area contributed by atoms with E-state index in [4.69, 9.17) is 0 Å². The zero-order valence-corrected chi connectivity index (χ0v) is 12.9. The summed E-state index contributed by atoms with van der Waals surface area (Å²) in [5, 5.41) is 3.81. The lowest BCUT2D eigenvalue weighted by Gasteiger charge is -2.24. The van der Waals surface area contributed by atoms with Crippen molar-refractivity contribution in [2.45, 2.75) is 51.5 Å². The van der Waals surface area contributed by atoms with Gasteiger partial charge in [0, 0.05) is 11.7 Å². The van der Waals surface area contributed by atoms with Crippen LogP contribution >= 0.6 is 0 Å². The first-order valence-electron chi connectivity index (χ1n) is 8.28. The van der Waals surface area contributed by atoms with Crippen LogP contribution in [0.2, 0.25) is 0 Å². The maximum atomic E-state index is 3.81. The predicted octanol–water partition coefficient (Wildman–Crippen LogP) is 5.00. The van der Waals surface area contributed by atoms with Gasteiger partial charge in [-0.2, -0.15) is 0 Å². The number of nitrogens with one attached hydrogen (secondary N) is 1. The number of rotatable bonds is 5. The van der Waals surface area contributed by atoms with Gasteiger partial charge in [0.05, 0.1) is 0 Å². The Bertz CT molecular complexity index is 574. The third-order valence-corrected chi connectivity index (χ3v) is 4.57. The fourth-order valence-corrected chi connectivity index (χ4v) is 3.33. The van der Waals surface area contributed by atoms with Crippen LogP contribution in [0, 0.1) is 0 Å². The normalized spacial score (nSPS) is 15.3. The molecule has 1 unspecified atom stereocenters. The standard InChI is InChI=1S/C20H25N/c1-2-18(15-16-9-4-3-5-10-16)21-20-14-8-12-17-11-6-7-13-19(17)20/h3-5,8-10,12,14,18,21H,2,6-7,11,13,15H2,1H3. The van der Waals surface area contributed by atoms with E-state index in [9.17, 15) is 0 Å². The average molecular weight is 279 g/mol. The third kappa shape index (κ3) is 3.47. The molecule has 2 aromatic carbocycles. The van der Waals surface area contributed by atoms with Gasteiger partial charge in [0.15, 0.2) is 0 Å². The van der Waals surface area contributed by atoms with Gasteiger partial charge in [0.2, 0.25) is 0 Å². The summed E-state index contributed by atoms with van der Waals surface area (Å²) in [6, 6.07) is 18.1. The average Bonchev–Trinajstić information content (AvgIpc) is 2.55. The van der Waals surface area contributed by atoms with Gasteiger partial charge in [0.1, 0.15) is 0 Å². The molecular formula is C20H25N. The van der Waals surface area contributed by atoms with E-state index in [1.54, 1.807) is 11.1 Å². The highest BCUT2D eigenvalue weighted by Crippen LogP contribution is 2.28. The molecule has 2 aromatic rings. The molecule has 1 aliphatic rings. The number of aryl methyl sites for hydroxylation is 1. The maximum Gasteiger partial charge on any atom is 0.0377 e. The fraction of sp³-hybridized carbons (Fsp3) is 0.400. The van der Waals surface area contributed by atoms with Gasteiger partial charge in [-0.15, -0.1) is 0 Å². The molecule has 0 aliphatic heterocycles. The Morgan fingerprint density at radius 3 is 2.57 bits per heavy atom. The van der Waals surface area contributed by atoms with Crippen molar-refractivity contribution in [3.05, 3.63) is 65.2 Å². The Morgan fingerprint density at radius 2 is 1.76 bits per heavy atom. The quantitative estimate of drug-likeness (QED) is 0.812. The van der Waals surface area contributed by atoms with E-state index < -0.39 is 0 Å². The van der Waals surface area contributed by atoms with Gasteiger partial charge in [-0.3, -0.25) is 0 Å². The van der Waals surface area contributed by atoms with Gasteiger partial charge >= 0.3 is 0 Å². The molecule has 1 aliphatic carbocycles. The molecule has 3 rings (SSSR count). The number of hydrogen-bond acceptors (Lipinski definition) is 1. The molecule has 1 nitrogen and oxygen atoms in total. The summed E-state index contributed by atoms with van der Waals surface area (Å²) in [4.78, 5) is 0. The molecule has 1 atom stereocenters. The highest BCUT2D eigenvalue weighted by atomic mass is 14.9. The zero-order chi connectivity index (χ0) is 14.5. The van der Waals surface area contributed by atoms with Crippen molar-refractivity contribution in [2.24, 2.45) is 0 Å². The number of hydrogen-bond donors (Lipinski definition) is 1. The number of benzene rings is 2. The van der Waals surface area contributed by atoms with Crippen LogP contribution in [0.3, 0.4) is 0 Å². The first kappa shape index (κ1) is 14.2. The molecule has 0 fully saturated rings. The minimum absolute atomic E-state index is 0.515. The molecule has 0 bridgehead atoms. The van der Waals surface area contributed by atoms with Gasteiger partial charge in [-0.05, 0) is 61.3 Å². The Balaban J connectivity index is 1.75. The van der Waals surface area contributed by atoms with E-state index in [1.165, 1.54) is 36.9 Å². The number of anilines is 1. The molecule has 21 heavy (non-hydrogen) atoms. The second-order valence-corrected chi connectivity index (χ2v) is 6.09. The van der Waals surface area contributed by atoms with Crippen LogP contribution in [-0.4, -0.2) is 6.04 Å². The van der Waals surface area contributed by atoms with E-state index in [2.05, 4.69) is 60.8 Å². The van der Waals surface area contributed by atoms with Crippen LogP contribution in [0.25, 0.3) is 0 Å². The molecule has 0 radical (unpaired) electrons. The smallest absolute Gasteiger partial charge is 0.0377 e. The second-order valence-electron chi connectivity index (χ2n) is 6.09. The SMILES string of the molecule is CCC(Cc1ccccc1)Nc1cccc2c1CCCC2. The summed E-state index contributed by atoms with van der Waals surface area (Å²) in [5.74, 6) is 0. The first-order valence-corrected chi connectivity index (χ1v) is 8.28. The minimum Gasteiger partial charge on any atom is -0.382 e. The van der Waals surface area contributed by atoms with Gasteiger partial charge < -0.3 is 5.32 Å². The fourth-order valence-electron chi connectivity index (χ4n) is 3.33. The van der Waals surface area contributed by atoms with E-state index in [-0.39, 0.29) is 0 Å². The summed E-state index contributed by atoms with van der Waals surface area (Å²) >= 11 is 0. The summed E-state index contributed by atoms with van der Waals surface area (Å²) in [6.07, 6.45) is 7.42. The molecule has 1 N–H and O–H groups in total. The molecular weight excluding hydrogens is 254 g/mol. The minimum atomic E-state index is 0.515. The van der Waals surface area contributed by atoms with Crippen molar-refractivity contribution in [2.75, 3.05) is 5.32 Å². The molecule has 0 saturated carbocycles. The van der Waals surface area contributed by atoms with Crippen molar-refractivity contribution >= 4 is 5.69 Å². The molecule has 110 valence electrons. The highest BCUT2D eigenvalue weighted by molar-refractivity contribution is 5.56. The van der Waals surface area contributed by atoms with Crippen LogP contribution in [0.5, 0.6) is 0 Å². The summed E-state index contributed by atoms with van der Waals surface area (Å²) in [7, 11) is 0. The van der Waals surface area contributed by atoms with Crippen molar-refractivity contribution in [1.82, 2.24) is 0 Å². The Morgan fingerprint density at radius 1 is 0.952 bits per heavy atom. The second kappa shape index (κ2) is 6.80. The van der Waals surface area contributed by atoms with Crippen molar-refractivity contribution in [3.63, 3.8) is 0 Å². The van der Waals surface area contributed by atoms with E-state index in [1.807, 2.05) is 0 Å². The van der Waals surface area contributed by atoms with E-state index >= 15 is 0 Å². The largest absolute Gasteiger partial charge is 0.382 e. The monoisotopic (exact) mass is 279 g/mol. The van der Waals surface area contributed by atoms with Crippen molar-refractivity contribution < 1.29 is 0 Å². The Labute approximate surface area is 128 Å². The maximum absolute atomic E-state index is 3.81. The summed E-state index contributed by atoms with van der Waals surface area (Å²) in [6.45, 7) is 2.27. The summed E-state index contributed by atoms with van der Waals surface area (Å²) < 4.78 is 0. The highest BCUT2D eigenvalue weighted by Gasteiger charge is 2.15. The topological polar surface area (TPSA) is 12.0 Å². The summed E-state index contributed by atoms with van der Waals surface area (Å²) in [5.41, 5.74) is 5.91. The Hall–Kier alpha value is -1.76. The zero-order valence-electron chi connectivity index (χ0n) is 12.9. The molecule has 0 saturated heterocycles. The lowest BCUT2D eigenvalue weighted by Crippen LogP contribution is -2.22. The lowest BCUT2D eigenvalue weighted by atomic mass is 9.90. The van der Waals surface area contributed by atoms with Crippen LogP contribution in [0.4, 0.5) is 5.69 Å².